The molecule has 1 aliphatic heterocycles. The van der Waals surface area contributed by atoms with Crippen molar-refractivity contribution in [1.29, 1.82) is 0 Å². The Bertz CT molecular complexity index is 1140. The molecule has 33 heavy (non-hydrogen) atoms. The number of hydroxylamine groups is 1. The Hall–Kier alpha value is -3.42. The fourth-order valence-electron chi connectivity index (χ4n) is 4.24. The highest BCUT2D eigenvalue weighted by Gasteiger charge is 2.66. The Morgan fingerprint density at radius 1 is 1.06 bits per heavy atom. The topological polar surface area (TPSA) is 81.9 Å². The highest BCUT2D eigenvalue weighted by Crippen LogP contribution is 2.49. The molecule has 4 rings (SSSR count). The van der Waals surface area contributed by atoms with Crippen LogP contribution in [-0.2, 0) is 14.4 Å². The van der Waals surface area contributed by atoms with Crippen molar-refractivity contribution in [3.8, 4) is 0 Å². The lowest BCUT2D eigenvalue weighted by Crippen LogP contribution is -2.61. The third-order valence-electron chi connectivity index (χ3n) is 5.93. The predicted octanol–water partition coefficient (Wildman–Crippen LogP) is 5.46. The molecule has 1 fully saturated rings. The fraction of sp³-hybridized carbons (Fsp3) is 0.240. The molecule has 0 saturated carbocycles. The van der Waals surface area contributed by atoms with E-state index in [2.05, 4.69) is 0 Å². The number of aryl methyl sites for hydroxylation is 1. The number of methoxy groups -OCH3 is 1. The van der Waals surface area contributed by atoms with Gasteiger partial charge in [-0.3, -0.25) is 15.0 Å². The standard InChI is InChI=1S/C25H23ClN2O5/c1-17-8-10-19(11-9-17)23-25(28(30)31,24(29)32-2)16-22(18-12-14-20(26)15-13-18)33-27(23)21-6-4-3-5-7-21/h3-15,22-23H,16H2,1-2H3. The lowest BCUT2D eigenvalue weighted by molar-refractivity contribution is -0.570. The predicted molar refractivity (Wildman–Crippen MR) is 124 cm³/mol. The molecule has 0 bridgehead atoms. The van der Waals surface area contributed by atoms with Crippen LogP contribution >= 0.6 is 11.6 Å². The van der Waals surface area contributed by atoms with Crippen LogP contribution < -0.4 is 5.06 Å². The van der Waals surface area contributed by atoms with Crippen molar-refractivity contribution < 1.29 is 19.3 Å². The number of benzene rings is 3. The minimum absolute atomic E-state index is 0.212. The normalized spacial score (nSPS) is 22.6. The number of nitrogens with zero attached hydrogens (tertiary/aromatic N) is 2. The van der Waals surface area contributed by atoms with Gasteiger partial charge in [0.25, 0.3) is 0 Å². The van der Waals surface area contributed by atoms with Gasteiger partial charge in [-0.1, -0.05) is 71.8 Å². The van der Waals surface area contributed by atoms with Gasteiger partial charge < -0.3 is 4.74 Å². The molecule has 0 N–H and O–H groups in total. The zero-order valence-electron chi connectivity index (χ0n) is 18.2. The maximum Gasteiger partial charge on any atom is 0.387 e. The molecular weight excluding hydrogens is 444 g/mol. The van der Waals surface area contributed by atoms with Crippen LogP contribution in [0.3, 0.4) is 0 Å². The van der Waals surface area contributed by atoms with Gasteiger partial charge >= 0.3 is 11.5 Å². The fourth-order valence-corrected chi connectivity index (χ4v) is 4.37. The van der Waals surface area contributed by atoms with E-state index >= 15 is 0 Å². The molecule has 1 saturated heterocycles. The van der Waals surface area contributed by atoms with Crippen LogP contribution in [0, 0.1) is 17.0 Å². The van der Waals surface area contributed by atoms with Crippen LogP contribution in [0.15, 0.2) is 78.9 Å². The molecule has 3 aromatic rings. The molecule has 0 radical (unpaired) electrons. The number of ether oxygens (including phenoxy) is 1. The van der Waals surface area contributed by atoms with Gasteiger partial charge in [-0.25, -0.2) is 9.86 Å². The maximum absolute atomic E-state index is 13.2. The molecule has 0 aromatic heterocycles. The second kappa shape index (κ2) is 9.21. The summed E-state index contributed by atoms with van der Waals surface area (Å²) in [6.45, 7) is 1.92. The first-order valence-electron chi connectivity index (χ1n) is 10.4. The van der Waals surface area contributed by atoms with Crippen molar-refractivity contribution in [3.63, 3.8) is 0 Å². The second-order valence-electron chi connectivity index (χ2n) is 8.00. The van der Waals surface area contributed by atoms with Gasteiger partial charge in [0.2, 0.25) is 0 Å². The average Bonchev–Trinajstić information content (AvgIpc) is 2.84. The molecule has 7 nitrogen and oxygen atoms in total. The third-order valence-corrected chi connectivity index (χ3v) is 6.19. The van der Waals surface area contributed by atoms with Crippen LogP contribution in [0.25, 0.3) is 0 Å². The number of carbonyl (C=O) groups excluding carboxylic acids is 1. The van der Waals surface area contributed by atoms with E-state index in [0.717, 1.165) is 5.56 Å². The lowest BCUT2D eigenvalue weighted by atomic mass is 9.78. The molecule has 0 aliphatic carbocycles. The molecule has 0 spiro atoms. The summed E-state index contributed by atoms with van der Waals surface area (Å²) in [7, 11) is 1.17. The molecular formula is C25H23ClN2O5. The molecule has 3 aromatic carbocycles. The van der Waals surface area contributed by atoms with Crippen molar-refractivity contribution >= 4 is 23.3 Å². The zero-order chi connectivity index (χ0) is 23.6. The Kier molecular flexibility index (Phi) is 6.35. The number of anilines is 1. The van der Waals surface area contributed by atoms with Crippen LogP contribution in [0.2, 0.25) is 5.02 Å². The summed E-state index contributed by atoms with van der Waals surface area (Å²) < 4.78 is 5.03. The van der Waals surface area contributed by atoms with Gasteiger partial charge in [0.1, 0.15) is 6.10 Å². The van der Waals surface area contributed by atoms with Crippen molar-refractivity contribution in [3.05, 3.63) is 111 Å². The third kappa shape index (κ3) is 4.17. The first kappa shape index (κ1) is 22.8. The summed E-state index contributed by atoms with van der Waals surface area (Å²) >= 11 is 6.04. The first-order valence-corrected chi connectivity index (χ1v) is 10.8. The Morgan fingerprint density at radius 3 is 2.24 bits per heavy atom. The number of rotatable bonds is 5. The molecule has 3 atom stereocenters. The number of halogens is 1. The summed E-state index contributed by atoms with van der Waals surface area (Å²) in [6.07, 6.45) is -0.996. The molecule has 1 aliphatic rings. The molecule has 0 amide bonds. The van der Waals surface area contributed by atoms with Gasteiger partial charge in [0.15, 0.2) is 6.04 Å². The largest absolute Gasteiger partial charge is 0.464 e. The number of hydrogen-bond donors (Lipinski definition) is 0. The summed E-state index contributed by atoms with van der Waals surface area (Å²) in [5.74, 6) is -0.929. The lowest BCUT2D eigenvalue weighted by Gasteiger charge is -2.46. The average molecular weight is 467 g/mol. The van der Waals surface area contributed by atoms with E-state index in [0.29, 0.717) is 21.8 Å². The number of esters is 1. The maximum atomic E-state index is 13.2. The second-order valence-corrected chi connectivity index (χ2v) is 8.43. The van der Waals surface area contributed by atoms with Crippen LogP contribution in [0.5, 0.6) is 0 Å². The highest BCUT2D eigenvalue weighted by molar-refractivity contribution is 6.30. The van der Waals surface area contributed by atoms with E-state index < -0.39 is 28.6 Å². The van der Waals surface area contributed by atoms with Gasteiger partial charge in [0.05, 0.1) is 19.2 Å². The smallest absolute Gasteiger partial charge is 0.387 e. The van der Waals surface area contributed by atoms with Crippen molar-refractivity contribution in [2.24, 2.45) is 0 Å². The van der Waals surface area contributed by atoms with Crippen LogP contribution in [-0.4, -0.2) is 23.5 Å². The molecule has 170 valence electrons. The van der Waals surface area contributed by atoms with E-state index in [4.69, 9.17) is 21.2 Å². The quantitative estimate of drug-likeness (QED) is 0.282. The van der Waals surface area contributed by atoms with Crippen molar-refractivity contribution in [2.45, 2.75) is 31.0 Å². The highest BCUT2D eigenvalue weighted by atomic mass is 35.5. The summed E-state index contributed by atoms with van der Waals surface area (Å²) in [5.41, 5.74) is 0.684. The van der Waals surface area contributed by atoms with E-state index in [1.54, 1.807) is 48.5 Å². The van der Waals surface area contributed by atoms with E-state index in [9.17, 15) is 14.9 Å². The minimum Gasteiger partial charge on any atom is -0.464 e. The van der Waals surface area contributed by atoms with E-state index in [1.165, 1.54) is 12.2 Å². The number of nitro groups is 1. The minimum atomic E-state index is -2.12. The Morgan fingerprint density at radius 2 is 1.67 bits per heavy atom. The monoisotopic (exact) mass is 466 g/mol. The summed E-state index contributed by atoms with van der Waals surface area (Å²) in [6, 6.07) is 22.1. The van der Waals surface area contributed by atoms with Gasteiger partial charge in [-0.2, -0.15) is 0 Å². The molecule has 1 heterocycles. The summed E-state index contributed by atoms with van der Waals surface area (Å²) in [4.78, 5) is 31.8. The van der Waals surface area contributed by atoms with E-state index in [1.807, 2.05) is 37.3 Å². The summed E-state index contributed by atoms with van der Waals surface area (Å²) in [5, 5.41) is 14.7. The SMILES string of the molecule is COC(=O)C1([N+](=O)[O-])CC(c2ccc(Cl)cc2)ON(c2ccccc2)C1c1ccc(C)cc1. The number of hydrogen-bond acceptors (Lipinski definition) is 6. The number of para-hydroxylation sites is 1. The van der Waals surface area contributed by atoms with Gasteiger partial charge in [-0.15, -0.1) is 0 Å². The molecule has 8 heteroatoms. The Balaban J connectivity index is 1.95. The number of carbonyl (C=O) groups is 1. The molecule has 3 unspecified atom stereocenters. The van der Waals surface area contributed by atoms with Crippen molar-refractivity contribution in [2.75, 3.05) is 12.2 Å². The van der Waals surface area contributed by atoms with Gasteiger partial charge in [0, 0.05) is 9.95 Å². The van der Waals surface area contributed by atoms with Crippen LogP contribution in [0.1, 0.15) is 35.3 Å². The Labute approximate surface area is 196 Å². The van der Waals surface area contributed by atoms with E-state index in [-0.39, 0.29) is 6.42 Å². The van der Waals surface area contributed by atoms with Crippen molar-refractivity contribution in [1.82, 2.24) is 0 Å². The van der Waals surface area contributed by atoms with Crippen LogP contribution in [0.4, 0.5) is 5.69 Å². The van der Waals surface area contributed by atoms with Gasteiger partial charge in [-0.05, 0) is 42.3 Å². The zero-order valence-corrected chi connectivity index (χ0v) is 18.9. The first-order chi connectivity index (χ1) is 15.9.